The molecule has 0 saturated heterocycles. The number of hydrogen-bond donors (Lipinski definition) is 0. The van der Waals surface area contributed by atoms with Gasteiger partial charge < -0.3 is 4.74 Å². The molecular formula is C14H23N3OS. The number of hydrogen-bond acceptors (Lipinski definition) is 5. The summed E-state index contributed by atoms with van der Waals surface area (Å²) in [6.45, 7) is 5.17. The van der Waals surface area contributed by atoms with E-state index < -0.39 is 0 Å². The molecule has 1 aliphatic heterocycles. The van der Waals surface area contributed by atoms with Gasteiger partial charge in [-0.15, -0.1) is 4.37 Å². The Kier molecular flexibility index (Phi) is 5.34. The van der Waals surface area contributed by atoms with Gasteiger partial charge in [-0.25, -0.2) is 0 Å². The number of likely N-dealkylation sites (N-methyl/N-ethyl adjacent to an activating group) is 1. The Labute approximate surface area is 119 Å². The largest absolute Gasteiger partial charge is 0.476 e. The average molecular weight is 281 g/mol. The molecule has 2 rings (SSSR count). The highest BCUT2D eigenvalue weighted by Gasteiger charge is 2.27. The summed E-state index contributed by atoms with van der Waals surface area (Å²) in [7, 11) is 2.14. The number of rotatable bonds is 6. The highest BCUT2D eigenvalue weighted by molar-refractivity contribution is 6.99. The van der Waals surface area contributed by atoms with Crippen LogP contribution in [-0.2, 0) is 0 Å². The van der Waals surface area contributed by atoms with Crippen molar-refractivity contribution in [1.29, 1.82) is 0 Å². The summed E-state index contributed by atoms with van der Waals surface area (Å²) in [5, 5.41) is 0. The lowest BCUT2D eigenvalue weighted by molar-refractivity contribution is 0.196. The van der Waals surface area contributed by atoms with E-state index in [1.54, 1.807) is 0 Å². The topological polar surface area (TPSA) is 38.3 Å². The summed E-state index contributed by atoms with van der Waals surface area (Å²) in [4.78, 5) is 2.33. The molecule has 1 aromatic rings. The second-order valence-electron chi connectivity index (χ2n) is 5.13. The molecule has 0 aliphatic carbocycles. The summed E-state index contributed by atoms with van der Waals surface area (Å²) in [6.07, 6.45) is 9.02. The monoisotopic (exact) mass is 281 g/mol. The quantitative estimate of drug-likeness (QED) is 0.591. The lowest BCUT2D eigenvalue weighted by Crippen LogP contribution is -2.34. The Morgan fingerprint density at radius 2 is 2.26 bits per heavy atom. The van der Waals surface area contributed by atoms with Crippen LogP contribution in [0, 0.1) is 0 Å². The van der Waals surface area contributed by atoms with Crippen molar-refractivity contribution in [2.24, 2.45) is 0 Å². The maximum Gasteiger partial charge on any atom is 0.251 e. The highest BCUT2D eigenvalue weighted by atomic mass is 32.1. The Morgan fingerprint density at radius 3 is 3.05 bits per heavy atom. The van der Waals surface area contributed by atoms with E-state index in [2.05, 4.69) is 46.7 Å². The predicted octanol–water partition coefficient (Wildman–Crippen LogP) is 3.43. The van der Waals surface area contributed by atoms with E-state index in [9.17, 15) is 0 Å². The molecule has 2 unspecified atom stereocenters. The molecule has 2 heterocycles. The van der Waals surface area contributed by atoms with Crippen molar-refractivity contribution in [2.45, 2.75) is 51.6 Å². The van der Waals surface area contributed by atoms with Gasteiger partial charge in [-0.3, -0.25) is 4.90 Å². The molecule has 0 amide bonds. The number of unbranched alkanes of at least 4 members (excludes halogenated alkanes) is 2. The third kappa shape index (κ3) is 3.54. The number of ether oxygens (including phenoxy) is 1. The van der Waals surface area contributed by atoms with E-state index in [1.165, 1.54) is 24.6 Å². The lowest BCUT2D eigenvalue weighted by atomic mass is 10.0. The molecule has 106 valence electrons. The van der Waals surface area contributed by atoms with E-state index in [0.717, 1.165) is 31.0 Å². The van der Waals surface area contributed by atoms with Gasteiger partial charge in [0.05, 0.1) is 24.4 Å². The first-order valence-corrected chi connectivity index (χ1v) is 7.81. The van der Waals surface area contributed by atoms with Gasteiger partial charge in [0, 0.05) is 6.04 Å². The minimum atomic E-state index is 0.198. The highest BCUT2D eigenvalue weighted by Crippen LogP contribution is 2.32. The van der Waals surface area contributed by atoms with Crippen LogP contribution in [0.5, 0.6) is 5.88 Å². The van der Waals surface area contributed by atoms with Gasteiger partial charge in [-0.2, -0.15) is 4.37 Å². The third-order valence-corrected chi connectivity index (χ3v) is 4.20. The van der Waals surface area contributed by atoms with Crippen LogP contribution in [0.1, 0.15) is 51.3 Å². The van der Waals surface area contributed by atoms with Crippen molar-refractivity contribution in [3.63, 3.8) is 0 Å². The smallest absolute Gasteiger partial charge is 0.251 e. The minimum Gasteiger partial charge on any atom is -0.476 e. The van der Waals surface area contributed by atoms with Crippen molar-refractivity contribution >= 4 is 11.7 Å². The molecule has 0 fully saturated rings. The summed E-state index contributed by atoms with van der Waals surface area (Å²) < 4.78 is 14.5. The van der Waals surface area contributed by atoms with Crippen LogP contribution >= 0.6 is 11.7 Å². The molecule has 4 nitrogen and oxygen atoms in total. The minimum absolute atomic E-state index is 0.198. The van der Waals surface area contributed by atoms with Crippen LogP contribution in [0.3, 0.4) is 0 Å². The van der Waals surface area contributed by atoms with Gasteiger partial charge in [0.15, 0.2) is 0 Å². The first kappa shape index (κ1) is 14.5. The zero-order chi connectivity index (χ0) is 13.7. The van der Waals surface area contributed by atoms with Gasteiger partial charge in [0.2, 0.25) is 0 Å². The van der Waals surface area contributed by atoms with Crippen molar-refractivity contribution in [3.05, 3.63) is 17.8 Å². The van der Waals surface area contributed by atoms with Crippen molar-refractivity contribution in [3.8, 4) is 5.88 Å². The maximum absolute atomic E-state index is 5.79. The van der Waals surface area contributed by atoms with Gasteiger partial charge >= 0.3 is 0 Å². The molecule has 0 bridgehead atoms. The summed E-state index contributed by atoms with van der Waals surface area (Å²) in [6, 6.07) is 0.730. The van der Waals surface area contributed by atoms with Crippen LogP contribution in [0.15, 0.2) is 12.2 Å². The van der Waals surface area contributed by atoms with E-state index in [1.807, 2.05) is 0 Å². The van der Waals surface area contributed by atoms with E-state index in [0.29, 0.717) is 6.04 Å². The second-order valence-corrected chi connectivity index (χ2v) is 5.66. The fourth-order valence-electron chi connectivity index (χ4n) is 2.25. The SMILES string of the molecule is CCCCCOc1nsnc1C1C=CCC(C)N1C. The fourth-order valence-corrected chi connectivity index (χ4v) is 2.79. The predicted molar refractivity (Wildman–Crippen MR) is 78.7 cm³/mol. The Bertz CT molecular complexity index is 419. The van der Waals surface area contributed by atoms with Gasteiger partial charge in [0.25, 0.3) is 5.88 Å². The van der Waals surface area contributed by atoms with Crippen LogP contribution in [0.2, 0.25) is 0 Å². The van der Waals surface area contributed by atoms with E-state index in [-0.39, 0.29) is 6.04 Å². The van der Waals surface area contributed by atoms with Crippen LogP contribution < -0.4 is 4.74 Å². The molecular weight excluding hydrogens is 258 g/mol. The van der Waals surface area contributed by atoms with Crippen molar-refractivity contribution in [1.82, 2.24) is 13.6 Å². The second kappa shape index (κ2) is 7.01. The molecule has 5 heteroatoms. The Balaban J connectivity index is 2.02. The molecule has 19 heavy (non-hydrogen) atoms. The zero-order valence-electron chi connectivity index (χ0n) is 12.0. The van der Waals surface area contributed by atoms with Crippen LogP contribution in [0.4, 0.5) is 0 Å². The van der Waals surface area contributed by atoms with Gasteiger partial charge in [-0.05, 0) is 26.8 Å². The first-order valence-electron chi connectivity index (χ1n) is 7.08. The normalized spacial score (nSPS) is 23.7. The van der Waals surface area contributed by atoms with Crippen molar-refractivity contribution < 1.29 is 4.74 Å². The van der Waals surface area contributed by atoms with E-state index in [4.69, 9.17) is 4.74 Å². The molecule has 0 N–H and O–H groups in total. The first-order chi connectivity index (χ1) is 9.24. The maximum atomic E-state index is 5.79. The zero-order valence-corrected chi connectivity index (χ0v) is 12.8. The fraction of sp³-hybridized carbons (Fsp3) is 0.714. The van der Waals surface area contributed by atoms with Gasteiger partial charge in [0.1, 0.15) is 5.69 Å². The standard InChI is InChI=1S/C14H23N3OS/c1-4-5-6-10-18-14-13(15-19-16-14)12-9-7-8-11(2)17(12)3/h7,9,11-12H,4-6,8,10H2,1-3H3. The average Bonchev–Trinajstić information content (AvgIpc) is 2.86. The summed E-state index contributed by atoms with van der Waals surface area (Å²) >= 11 is 1.24. The van der Waals surface area contributed by atoms with Crippen molar-refractivity contribution in [2.75, 3.05) is 13.7 Å². The molecule has 2 atom stereocenters. The lowest BCUT2D eigenvalue weighted by Gasteiger charge is -2.33. The number of aromatic nitrogens is 2. The summed E-state index contributed by atoms with van der Waals surface area (Å²) in [5.74, 6) is 0.719. The van der Waals surface area contributed by atoms with Crippen LogP contribution in [0.25, 0.3) is 0 Å². The van der Waals surface area contributed by atoms with Crippen LogP contribution in [-0.4, -0.2) is 33.3 Å². The molecule has 0 aromatic carbocycles. The van der Waals surface area contributed by atoms with Gasteiger partial charge in [-0.1, -0.05) is 31.9 Å². The molecule has 0 radical (unpaired) electrons. The summed E-state index contributed by atoms with van der Waals surface area (Å²) in [5.41, 5.74) is 0.965. The molecule has 0 spiro atoms. The molecule has 0 saturated carbocycles. The third-order valence-electron chi connectivity index (χ3n) is 3.68. The number of nitrogens with zero attached hydrogens (tertiary/aromatic N) is 3. The van der Waals surface area contributed by atoms with E-state index >= 15 is 0 Å². The molecule has 1 aliphatic rings. The Morgan fingerprint density at radius 1 is 1.42 bits per heavy atom. The Hall–Kier alpha value is -0.940. The molecule has 1 aromatic heterocycles.